The van der Waals surface area contributed by atoms with Crippen LogP contribution >= 0.6 is 0 Å². The molecule has 0 fully saturated rings. The van der Waals surface area contributed by atoms with E-state index in [9.17, 15) is 4.79 Å². The number of carbonyl (C=O) groups is 1. The fourth-order valence-corrected chi connectivity index (χ4v) is 2.46. The van der Waals surface area contributed by atoms with E-state index in [1.807, 2.05) is 18.2 Å². The van der Waals surface area contributed by atoms with Crippen molar-refractivity contribution in [3.05, 3.63) is 53.6 Å². The molecule has 0 aromatic heterocycles. The Kier molecular flexibility index (Phi) is 6.07. The number of carbonyl (C=O) groups excluding carboxylic acids is 1. The third kappa shape index (κ3) is 3.98. The van der Waals surface area contributed by atoms with Gasteiger partial charge in [0.1, 0.15) is 0 Å². The Morgan fingerprint density at radius 2 is 1.58 bits per heavy atom. The van der Waals surface area contributed by atoms with Crippen molar-refractivity contribution in [3.8, 4) is 17.2 Å². The normalized spacial score (nSPS) is 11.5. The minimum atomic E-state index is -0.183. The molecule has 1 N–H and O–H groups in total. The summed E-state index contributed by atoms with van der Waals surface area (Å²) in [5, 5.41) is 2.95. The highest BCUT2D eigenvalue weighted by Crippen LogP contribution is 2.38. The van der Waals surface area contributed by atoms with Crippen LogP contribution in [0.2, 0.25) is 0 Å². The Labute approximate surface area is 142 Å². The molecule has 1 atom stereocenters. The topological polar surface area (TPSA) is 56.8 Å². The number of nitrogens with one attached hydrogen (secondary N) is 1. The zero-order valence-electron chi connectivity index (χ0n) is 14.5. The maximum absolute atomic E-state index is 12.5. The smallest absolute Gasteiger partial charge is 0.251 e. The van der Waals surface area contributed by atoms with Crippen molar-refractivity contribution in [2.24, 2.45) is 0 Å². The Morgan fingerprint density at radius 3 is 2.08 bits per heavy atom. The van der Waals surface area contributed by atoms with Crippen LogP contribution in [0.1, 0.15) is 28.8 Å². The Bertz CT molecular complexity index is 660. The molecule has 2 aromatic rings. The Balaban J connectivity index is 2.12. The van der Waals surface area contributed by atoms with Crippen molar-refractivity contribution in [1.82, 2.24) is 5.32 Å². The van der Waals surface area contributed by atoms with E-state index >= 15 is 0 Å². The van der Waals surface area contributed by atoms with Gasteiger partial charge in [-0.1, -0.05) is 37.3 Å². The predicted molar refractivity (Wildman–Crippen MR) is 93.3 cm³/mol. The fraction of sp³-hybridized carbons (Fsp3) is 0.316. The van der Waals surface area contributed by atoms with Gasteiger partial charge in [0, 0.05) is 12.1 Å². The SMILES string of the molecule is COc1cc(C(=O)NC[C@H](C)c2ccccc2)cc(OC)c1OC. The lowest BCUT2D eigenvalue weighted by atomic mass is 10.0. The molecule has 0 saturated heterocycles. The summed E-state index contributed by atoms with van der Waals surface area (Å²) >= 11 is 0. The van der Waals surface area contributed by atoms with E-state index in [2.05, 4.69) is 24.4 Å². The number of rotatable bonds is 7. The first-order valence-electron chi connectivity index (χ1n) is 7.73. The molecule has 2 aromatic carbocycles. The van der Waals surface area contributed by atoms with E-state index in [-0.39, 0.29) is 11.8 Å². The van der Waals surface area contributed by atoms with Crippen LogP contribution in [0.25, 0.3) is 0 Å². The maximum atomic E-state index is 12.5. The number of hydrogen-bond acceptors (Lipinski definition) is 4. The fourth-order valence-electron chi connectivity index (χ4n) is 2.46. The van der Waals surface area contributed by atoms with Crippen LogP contribution in [0, 0.1) is 0 Å². The minimum absolute atomic E-state index is 0.183. The van der Waals surface area contributed by atoms with Crippen LogP contribution < -0.4 is 19.5 Å². The second-order valence-corrected chi connectivity index (χ2v) is 5.44. The molecule has 0 unspecified atom stereocenters. The molecule has 0 bridgehead atoms. The quantitative estimate of drug-likeness (QED) is 0.847. The van der Waals surface area contributed by atoms with Crippen molar-refractivity contribution in [1.29, 1.82) is 0 Å². The molecule has 0 radical (unpaired) electrons. The first-order chi connectivity index (χ1) is 11.6. The van der Waals surface area contributed by atoms with Crippen LogP contribution in [0.15, 0.2) is 42.5 Å². The lowest BCUT2D eigenvalue weighted by Crippen LogP contribution is -2.27. The molecule has 5 nitrogen and oxygen atoms in total. The highest BCUT2D eigenvalue weighted by molar-refractivity contribution is 5.95. The molecule has 0 heterocycles. The van der Waals surface area contributed by atoms with Gasteiger partial charge in [-0.2, -0.15) is 0 Å². The first-order valence-corrected chi connectivity index (χ1v) is 7.73. The van der Waals surface area contributed by atoms with E-state index < -0.39 is 0 Å². The van der Waals surface area contributed by atoms with Gasteiger partial charge in [0.05, 0.1) is 21.3 Å². The van der Waals surface area contributed by atoms with Gasteiger partial charge < -0.3 is 19.5 Å². The molecule has 1 amide bonds. The van der Waals surface area contributed by atoms with Crippen molar-refractivity contribution in [3.63, 3.8) is 0 Å². The van der Waals surface area contributed by atoms with Crippen LogP contribution in [-0.4, -0.2) is 33.8 Å². The number of methoxy groups -OCH3 is 3. The first kappa shape index (κ1) is 17.7. The molecule has 0 aliphatic heterocycles. The summed E-state index contributed by atoms with van der Waals surface area (Å²) < 4.78 is 15.8. The van der Waals surface area contributed by atoms with E-state index in [1.54, 1.807) is 12.1 Å². The zero-order chi connectivity index (χ0) is 17.5. The zero-order valence-corrected chi connectivity index (χ0v) is 14.5. The number of benzene rings is 2. The van der Waals surface area contributed by atoms with Crippen LogP contribution in [-0.2, 0) is 0 Å². The summed E-state index contributed by atoms with van der Waals surface area (Å²) in [4.78, 5) is 12.5. The third-order valence-electron chi connectivity index (χ3n) is 3.86. The van der Waals surface area contributed by atoms with Gasteiger partial charge in [0.15, 0.2) is 11.5 Å². The average Bonchev–Trinajstić information content (AvgIpc) is 2.65. The number of hydrogen-bond donors (Lipinski definition) is 1. The van der Waals surface area contributed by atoms with Crippen LogP contribution in [0.5, 0.6) is 17.2 Å². The van der Waals surface area contributed by atoms with E-state index in [0.29, 0.717) is 29.4 Å². The molecule has 0 aliphatic rings. The summed E-state index contributed by atoms with van der Waals surface area (Å²) in [6.45, 7) is 2.62. The third-order valence-corrected chi connectivity index (χ3v) is 3.86. The lowest BCUT2D eigenvalue weighted by Gasteiger charge is -2.16. The van der Waals surface area contributed by atoms with Gasteiger partial charge in [-0.25, -0.2) is 0 Å². The van der Waals surface area contributed by atoms with Crippen molar-refractivity contribution in [2.75, 3.05) is 27.9 Å². The van der Waals surface area contributed by atoms with Crippen LogP contribution in [0.3, 0.4) is 0 Å². The molecule has 5 heteroatoms. The average molecular weight is 329 g/mol. The molecule has 2 rings (SSSR count). The van der Waals surface area contributed by atoms with Crippen molar-refractivity contribution >= 4 is 5.91 Å². The van der Waals surface area contributed by atoms with E-state index in [0.717, 1.165) is 0 Å². The molecule has 24 heavy (non-hydrogen) atoms. The van der Waals surface area contributed by atoms with Crippen LogP contribution in [0.4, 0.5) is 0 Å². The minimum Gasteiger partial charge on any atom is -0.493 e. The second-order valence-electron chi connectivity index (χ2n) is 5.44. The highest BCUT2D eigenvalue weighted by atomic mass is 16.5. The van der Waals surface area contributed by atoms with Gasteiger partial charge in [0.25, 0.3) is 5.91 Å². The largest absolute Gasteiger partial charge is 0.493 e. The molecular weight excluding hydrogens is 306 g/mol. The van der Waals surface area contributed by atoms with Gasteiger partial charge in [-0.3, -0.25) is 4.79 Å². The van der Waals surface area contributed by atoms with E-state index in [4.69, 9.17) is 14.2 Å². The molecule has 0 spiro atoms. The predicted octanol–water partition coefficient (Wildman–Crippen LogP) is 3.25. The van der Waals surface area contributed by atoms with Crippen molar-refractivity contribution in [2.45, 2.75) is 12.8 Å². The lowest BCUT2D eigenvalue weighted by molar-refractivity contribution is 0.0951. The standard InChI is InChI=1S/C19H23NO4/c1-13(14-8-6-5-7-9-14)12-20-19(21)15-10-16(22-2)18(24-4)17(11-15)23-3/h5-11,13H,12H2,1-4H3,(H,20,21)/t13-/m0/s1. The molecule has 0 aliphatic carbocycles. The van der Waals surface area contributed by atoms with Crippen molar-refractivity contribution < 1.29 is 19.0 Å². The van der Waals surface area contributed by atoms with Gasteiger partial charge in [-0.05, 0) is 23.6 Å². The molecule has 0 saturated carbocycles. The second kappa shape index (κ2) is 8.24. The maximum Gasteiger partial charge on any atom is 0.251 e. The van der Waals surface area contributed by atoms with Gasteiger partial charge in [-0.15, -0.1) is 0 Å². The van der Waals surface area contributed by atoms with Gasteiger partial charge >= 0.3 is 0 Å². The summed E-state index contributed by atoms with van der Waals surface area (Å²) in [5.41, 5.74) is 1.65. The highest BCUT2D eigenvalue weighted by Gasteiger charge is 2.17. The monoisotopic (exact) mass is 329 g/mol. The molecule has 128 valence electrons. The Morgan fingerprint density at radius 1 is 1.00 bits per heavy atom. The summed E-state index contributed by atoms with van der Waals surface area (Å²) in [6, 6.07) is 13.4. The number of amides is 1. The summed E-state index contributed by atoms with van der Waals surface area (Å²) in [6.07, 6.45) is 0. The summed E-state index contributed by atoms with van der Waals surface area (Å²) in [5.74, 6) is 1.42. The van der Waals surface area contributed by atoms with Gasteiger partial charge in [0.2, 0.25) is 5.75 Å². The summed E-state index contributed by atoms with van der Waals surface area (Å²) in [7, 11) is 4.58. The number of ether oxygens (including phenoxy) is 3. The molecular formula is C19H23NO4. The Hall–Kier alpha value is -2.69. The van der Waals surface area contributed by atoms with E-state index in [1.165, 1.54) is 26.9 Å².